The number of fused-ring (bicyclic) bond motifs is 3. The summed E-state index contributed by atoms with van der Waals surface area (Å²) in [6.07, 6.45) is 2.23. The summed E-state index contributed by atoms with van der Waals surface area (Å²) in [5, 5.41) is 1.98. The predicted molar refractivity (Wildman–Crippen MR) is 137 cm³/mol. The zero-order valence-electron chi connectivity index (χ0n) is 20.0. The number of aromatic nitrogens is 2. The second-order valence-electron chi connectivity index (χ2n) is 9.01. The van der Waals surface area contributed by atoms with Gasteiger partial charge in [0.25, 0.3) is 0 Å². The van der Waals surface area contributed by atoms with Gasteiger partial charge in [0.15, 0.2) is 5.82 Å². The number of hydrogen-bond donors (Lipinski definition) is 3. The van der Waals surface area contributed by atoms with Crippen molar-refractivity contribution in [1.82, 2.24) is 9.97 Å². The van der Waals surface area contributed by atoms with E-state index in [0.29, 0.717) is 17.1 Å². The summed E-state index contributed by atoms with van der Waals surface area (Å²) in [5.41, 5.74) is 7.93. The molecule has 4 N–H and O–H groups in total. The van der Waals surface area contributed by atoms with Crippen LogP contribution in [-0.4, -0.2) is 32.0 Å². The van der Waals surface area contributed by atoms with E-state index in [-0.39, 0.29) is 13.0 Å². The van der Waals surface area contributed by atoms with Gasteiger partial charge in [-0.3, -0.25) is 9.55 Å². The minimum atomic E-state index is -5.46. The Balaban J connectivity index is 1.41. The molecule has 0 bridgehead atoms. The second-order valence-corrected chi connectivity index (χ2v) is 10.7. The van der Waals surface area contributed by atoms with Gasteiger partial charge < -0.3 is 20.3 Å². The molecule has 0 atom stereocenters. The highest BCUT2D eigenvalue weighted by Gasteiger charge is 2.47. The Labute approximate surface area is 207 Å². The van der Waals surface area contributed by atoms with Crippen molar-refractivity contribution < 1.29 is 27.9 Å². The molecule has 0 aliphatic rings. The number of nitrogen functional groups attached to an aromatic ring is 1. The summed E-state index contributed by atoms with van der Waals surface area (Å²) < 4.78 is 43.0. The van der Waals surface area contributed by atoms with Gasteiger partial charge in [0.2, 0.25) is 0 Å². The molecule has 0 spiro atoms. The van der Waals surface area contributed by atoms with Crippen LogP contribution in [0, 0.1) is 13.8 Å². The van der Waals surface area contributed by atoms with E-state index in [9.17, 15) is 13.3 Å². The highest BCUT2D eigenvalue weighted by Crippen LogP contribution is 2.55. The quantitative estimate of drug-likeness (QED) is 0.149. The topological polar surface area (TPSA) is 119 Å². The van der Waals surface area contributed by atoms with Crippen molar-refractivity contribution in [3.8, 4) is 5.75 Å². The van der Waals surface area contributed by atoms with E-state index >= 15 is 0 Å². The van der Waals surface area contributed by atoms with Gasteiger partial charge in [-0.15, -0.1) is 0 Å². The third-order valence-electron chi connectivity index (χ3n) is 6.19. The lowest BCUT2D eigenvalue weighted by Gasteiger charge is -2.17. The van der Waals surface area contributed by atoms with Crippen LogP contribution in [0.1, 0.15) is 35.1 Å². The third kappa shape index (κ3) is 5.64. The number of alkyl halides is 2. The van der Waals surface area contributed by atoms with E-state index in [1.807, 2.05) is 50.4 Å². The van der Waals surface area contributed by atoms with E-state index in [2.05, 4.69) is 16.0 Å². The minimum Gasteiger partial charge on any atom is -0.494 e. The average molecular weight is 515 g/mol. The van der Waals surface area contributed by atoms with Crippen molar-refractivity contribution >= 4 is 35.2 Å². The van der Waals surface area contributed by atoms with Gasteiger partial charge in [-0.25, -0.2) is 4.98 Å². The Hall–Kier alpha value is -3.13. The molecular weight excluding hydrogens is 487 g/mol. The van der Waals surface area contributed by atoms with E-state index < -0.39 is 19.7 Å². The van der Waals surface area contributed by atoms with Crippen molar-refractivity contribution in [2.24, 2.45) is 0 Å². The number of nitrogens with zero attached hydrogens (tertiary/aromatic N) is 2. The maximum absolute atomic E-state index is 13.4. The predicted octanol–water partition coefficient (Wildman–Crippen LogP) is 5.70. The molecule has 0 radical (unpaired) electrons. The Morgan fingerprint density at radius 2 is 1.83 bits per heavy atom. The molecule has 0 saturated heterocycles. The molecule has 2 aromatic heterocycles. The second kappa shape index (κ2) is 10.1. The van der Waals surface area contributed by atoms with E-state index in [1.54, 1.807) is 6.07 Å². The summed E-state index contributed by atoms with van der Waals surface area (Å²) in [6.45, 7) is 3.90. The van der Waals surface area contributed by atoms with E-state index in [4.69, 9.17) is 20.3 Å². The molecular formula is C26H28F2N3O4P. The first kappa shape index (κ1) is 25.9. The van der Waals surface area contributed by atoms with Gasteiger partial charge in [-0.05, 0) is 79.6 Å². The summed E-state index contributed by atoms with van der Waals surface area (Å²) in [4.78, 5) is 26.4. The van der Waals surface area contributed by atoms with Crippen LogP contribution in [0.25, 0.3) is 21.8 Å². The fourth-order valence-electron chi connectivity index (χ4n) is 4.14. The molecule has 0 amide bonds. The molecule has 0 aliphatic carbocycles. The van der Waals surface area contributed by atoms with Gasteiger partial charge in [0.05, 0.1) is 12.1 Å². The number of aryl methyl sites for hydroxylation is 4. The Bertz CT molecular complexity index is 1470. The van der Waals surface area contributed by atoms with Crippen molar-refractivity contribution in [3.05, 3.63) is 70.9 Å². The monoisotopic (exact) mass is 515 g/mol. The van der Waals surface area contributed by atoms with E-state index in [1.165, 1.54) is 0 Å². The summed E-state index contributed by atoms with van der Waals surface area (Å²) in [7, 11) is -5.46. The first-order chi connectivity index (χ1) is 16.9. The molecule has 4 rings (SSSR count). The lowest BCUT2D eigenvalue weighted by molar-refractivity contribution is 0.0445. The molecule has 190 valence electrons. The number of rotatable bonds is 9. The van der Waals surface area contributed by atoms with Crippen molar-refractivity contribution in [2.45, 2.75) is 45.2 Å². The lowest BCUT2D eigenvalue weighted by atomic mass is 9.99. The Morgan fingerprint density at radius 3 is 2.56 bits per heavy atom. The number of anilines is 1. The number of ether oxygens (including phenoxy) is 1. The molecule has 4 aromatic rings. The first-order valence-corrected chi connectivity index (χ1v) is 13.2. The smallest absolute Gasteiger partial charge is 0.394 e. The fraction of sp³-hybridized carbons (Fsp3) is 0.308. The number of pyridine rings is 2. The number of nitrogens with two attached hydrogens (primary N) is 1. The van der Waals surface area contributed by atoms with Crippen LogP contribution in [0.15, 0.2) is 48.7 Å². The Morgan fingerprint density at radius 1 is 1.06 bits per heavy atom. The van der Waals surface area contributed by atoms with Crippen molar-refractivity contribution in [2.75, 3.05) is 12.3 Å². The van der Waals surface area contributed by atoms with Crippen molar-refractivity contribution in [1.29, 1.82) is 0 Å². The molecule has 0 unspecified atom stereocenters. The standard InChI is InChI=1S/C26H28F2N3O4P/c1-16-4-9-21-22-14-18(15-30-24(22)25(29)31-23(21)12-16)5-6-19-7-8-20(13-17(19)2)35-11-3-10-26(27,28)36(32,33)34/h4,7-9,12-15H,3,5-6,10-11H2,1-2H3,(H2,29,31)(H2,32,33,34). The highest BCUT2D eigenvalue weighted by atomic mass is 31.2. The van der Waals surface area contributed by atoms with Crippen molar-refractivity contribution in [3.63, 3.8) is 0 Å². The summed E-state index contributed by atoms with van der Waals surface area (Å²) in [6, 6.07) is 13.7. The average Bonchev–Trinajstić information content (AvgIpc) is 2.80. The fourth-order valence-corrected chi connectivity index (χ4v) is 4.59. The van der Waals surface area contributed by atoms with Crippen LogP contribution in [0.5, 0.6) is 5.75 Å². The van der Waals surface area contributed by atoms with E-state index in [0.717, 1.165) is 51.4 Å². The van der Waals surface area contributed by atoms with Gasteiger partial charge in [0.1, 0.15) is 11.3 Å². The maximum atomic E-state index is 13.4. The van der Waals surface area contributed by atoms with Crippen LogP contribution < -0.4 is 10.5 Å². The van der Waals surface area contributed by atoms with Gasteiger partial charge in [-0.1, -0.05) is 18.2 Å². The highest BCUT2D eigenvalue weighted by molar-refractivity contribution is 7.53. The third-order valence-corrected chi connectivity index (χ3v) is 7.26. The van der Waals surface area contributed by atoms with Crippen LogP contribution in [0.2, 0.25) is 0 Å². The van der Waals surface area contributed by atoms with Crippen LogP contribution in [0.3, 0.4) is 0 Å². The molecule has 7 nitrogen and oxygen atoms in total. The SMILES string of the molecule is Cc1ccc2c(c1)nc(N)c1ncc(CCc3ccc(OCCCC(F)(F)P(=O)(O)O)cc3C)cc12. The molecule has 36 heavy (non-hydrogen) atoms. The molecule has 0 aliphatic heterocycles. The molecule has 2 heterocycles. The molecule has 0 saturated carbocycles. The molecule has 0 fully saturated rings. The lowest BCUT2D eigenvalue weighted by Crippen LogP contribution is -2.17. The zero-order valence-corrected chi connectivity index (χ0v) is 20.9. The molecule has 2 aromatic carbocycles. The zero-order chi connectivity index (χ0) is 26.1. The van der Waals surface area contributed by atoms with Gasteiger partial charge in [0, 0.05) is 23.4 Å². The van der Waals surface area contributed by atoms with Gasteiger partial charge in [-0.2, -0.15) is 8.78 Å². The number of benzene rings is 2. The van der Waals surface area contributed by atoms with Crippen LogP contribution in [0.4, 0.5) is 14.6 Å². The number of hydrogen-bond acceptors (Lipinski definition) is 5. The normalized spacial score (nSPS) is 12.4. The van der Waals surface area contributed by atoms with Crippen LogP contribution >= 0.6 is 7.60 Å². The Kier molecular flexibility index (Phi) is 7.27. The number of halogens is 2. The van der Waals surface area contributed by atoms with Crippen LogP contribution in [-0.2, 0) is 17.4 Å². The largest absolute Gasteiger partial charge is 0.494 e. The molecule has 10 heteroatoms. The maximum Gasteiger partial charge on any atom is 0.394 e. The minimum absolute atomic E-state index is 0.0669. The first-order valence-electron chi connectivity index (χ1n) is 11.5. The van der Waals surface area contributed by atoms with Gasteiger partial charge >= 0.3 is 13.3 Å². The summed E-state index contributed by atoms with van der Waals surface area (Å²) >= 11 is 0. The summed E-state index contributed by atoms with van der Waals surface area (Å²) in [5.74, 6) is 0.930.